The fourth-order valence-corrected chi connectivity index (χ4v) is 1.89. The molecule has 0 aliphatic rings. The van der Waals surface area contributed by atoms with Gasteiger partial charge in [0, 0.05) is 5.69 Å². The van der Waals surface area contributed by atoms with E-state index in [9.17, 15) is 4.39 Å². The van der Waals surface area contributed by atoms with Gasteiger partial charge in [0.2, 0.25) is 0 Å². The highest BCUT2D eigenvalue weighted by atomic mass is 19.1. The highest BCUT2D eigenvalue weighted by Gasteiger charge is 2.10. The largest absolute Gasteiger partial charge is 0.392 e. The summed E-state index contributed by atoms with van der Waals surface area (Å²) in [5, 5.41) is 12.3. The van der Waals surface area contributed by atoms with Crippen molar-refractivity contribution in [3.8, 4) is 0 Å². The molecular weight excluding hydrogens is 243 g/mol. The molecule has 1 atom stereocenters. The molecule has 0 fully saturated rings. The molecule has 0 bridgehead atoms. The minimum atomic E-state index is -0.328. The number of pyridine rings is 1. The quantitative estimate of drug-likeness (QED) is 0.867. The summed E-state index contributed by atoms with van der Waals surface area (Å²) >= 11 is 0. The van der Waals surface area contributed by atoms with E-state index in [0.29, 0.717) is 0 Å². The maximum absolute atomic E-state index is 12.9. The maximum Gasteiger partial charge on any atom is 0.141 e. The minimum Gasteiger partial charge on any atom is -0.392 e. The van der Waals surface area contributed by atoms with Crippen molar-refractivity contribution in [1.82, 2.24) is 4.98 Å². The van der Waals surface area contributed by atoms with Crippen LogP contribution in [0.15, 0.2) is 42.6 Å². The Morgan fingerprint density at radius 3 is 2.47 bits per heavy atom. The Morgan fingerprint density at radius 1 is 1.21 bits per heavy atom. The Morgan fingerprint density at radius 2 is 1.95 bits per heavy atom. The summed E-state index contributed by atoms with van der Waals surface area (Å²) in [6.07, 6.45) is 2.08. The molecule has 2 aromatic rings. The van der Waals surface area contributed by atoms with Gasteiger partial charge in [-0.3, -0.25) is 4.98 Å². The Bertz CT molecular complexity index is 511. The first kappa shape index (κ1) is 13.5. The Kier molecular flexibility index (Phi) is 4.47. The summed E-state index contributed by atoms with van der Waals surface area (Å²) in [6, 6.07) is 10.7. The molecule has 0 saturated heterocycles. The number of aromatic nitrogens is 1. The molecule has 1 unspecified atom stereocenters. The van der Waals surface area contributed by atoms with Crippen molar-refractivity contribution in [1.29, 1.82) is 0 Å². The average Bonchev–Trinajstić information content (AvgIpc) is 2.46. The minimum absolute atomic E-state index is 0.0387. The van der Waals surface area contributed by atoms with E-state index in [0.717, 1.165) is 23.4 Å². The molecule has 19 heavy (non-hydrogen) atoms. The molecule has 3 nitrogen and oxygen atoms in total. The van der Waals surface area contributed by atoms with Gasteiger partial charge >= 0.3 is 0 Å². The fraction of sp³-hybridized carbons (Fsp3) is 0.267. The molecule has 0 saturated carbocycles. The molecule has 2 rings (SSSR count). The molecular formula is C15H17FN2O. The summed E-state index contributed by atoms with van der Waals surface area (Å²) in [7, 11) is 0. The number of rotatable bonds is 5. The number of nitrogens with one attached hydrogen (secondary N) is 1. The van der Waals surface area contributed by atoms with E-state index in [-0.39, 0.29) is 18.5 Å². The van der Waals surface area contributed by atoms with Crippen LogP contribution >= 0.6 is 0 Å². The lowest BCUT2D eigenvalue weighted by molar-refractivity contribution is 0.282. The molecule has 0 radical (unpaired) electrons. The zero-order valence-electron chi connectivity index (χ0n) is 10.8. The fourth-order valence-electron chi connectivity index (χ4n) is 1.89. The van der Waals surface area contributed by atoms with Gasteiger partial charge in [-0.25, -0.2) is 4.39 Å². The Balaban J connectivity index is 2.11. The van der Waals surface area contributed by atoms with Crippen LogP contribution in [0.5, 0.6) is 0 Å². The highest BCUT2D eigenvalue weighted by Crippen LogP contribution is 2.21. The van der Waals surface area contributed by atoms with Gasteiger partial charge in [-0.05, 0) is 36.2 Å². The zero-order valence-corrected chi connectivity index (χ0v) is 10.8. The zero-order chi connectivity index (χ0) is 13.7. The third-order valence-corrected chi connectivity index (χ3v) is 2.99. The van der Waals surface area contributed by atoms with E-state index in [1.165, 1.54) is 12.3 Å². The number of hydrogen-bond acceptors (Lipinski definition) is 3. The van der Waals surface area contributed by atoms with Crippen LogP contribution in [-0.4, -0.2) is 10.1 Å². The van der Waals surface area contributed by atoms with Crippen molar-refractivity contribution in [2.45, 2.75) is 26.0 Å². The van der Waals surface area contributed by atoms with E-state index in [4.69, 9.17) is 5.11 Å². The summed E-state index contributed by atoms with van der Waals surface area (Å²) in [4.78, 5) is 4.10. The van der Waals surface area contributed by atoms with Crippen LogP contribution in [0.1, 0.15) is 30.6 Å². The number of hydrogen-bond donors (Lipinski definition) is 2. The predicted molar refractivity (Wildman–Crippen MR) is 73.2 cm³/mol. The van der Waals surface area contributed by atoms with Gasteiger partial charge < -0.3 is 10.4 Å². The lowest BCUT2D eigenvalue weighted by atomic mass is 10.1. The second-order valence-corrected chi connectivity index (χ2v) is 4.36. The molecule has 2 N–H and O–H groups in total. The standard InChI is InChI=1S/C15H17FN2O/c1-2-14(15-8-5-12(16)9-17-15)18-13-6-3-11(10-19)4-7-13/h3-9,14,18-19H,2,10H2,1H3. The van der Waals surface area contributed by atoms with Gasteiger partial charge in [-0.2, -0.15) is 0 Å². The first-order chi connectivity index (χ1) is 9.22. The molecule has 1 aromatic carbocycles. The molecule has 1 aromatic heterocycles. The molecule has 0 spiro atoms. The van der Waals surface area contributed by atoms with Crippen LogP contribution in [0.3, 0.4) is 0 Å². The molecule has 1 heterocycles. The highest BCUT2D eigenvalue weighted by molar-refractivity contribution is 5.46. The first-order valence-electron chi connectivity index (χ1n) is 6.30. The molecule has 0 aliphatic heterocycles. The molecule has 0 aliphatic carbocycles. The van der Waals surface area contributed by atoms with Crippen LogP contribution in [0.4, 0.5) is 10.1 Å². The van der Waals surface area contributed by atoms with Crippen molar-refractivity contribution in [2.75, 3.05) is 5.32 Å². The van der Waals surface area contributed by atoms with Gasteiger partial charge in [0.15, 0.2) is 0 Å². The van der Waals surface area contributed by atoms with Gasteiger partial charge in [-0.1, -0.05) is 19.1 Å². The number of aliphatic hydroxyl groups excluding tert-OH is 1. The lowest BCUT2D eigenvalue weighted by Crippen LogP contribution is -2.11. The van der Waals surface area contributed by atoms with Gasteiger partial charge in [0.05, 0.1) is 24.5 Å². The second-order valence-electron chi connectivity index (χ2n) is 4.36. The van der Waals surface area contributed by atoms with Crippen LogP contribution in [0, 0.1) is 5.82 Å². The first-order valence-corrected chi connectivity index (χ1v) is 6.30. The van der Waals surface area contributed by atoms with E-state index < -0.39 is 0 Å². The smallest absolute Gasteiger partial charge is 0.141 e. The van der Waals surface area contributed by atoms with Gasteiger partial charge in [-0.15, -0.1) is 0 Å². The SMILES string of the molecule is CCC(Nc1ccc(CO)cc1)c1ccc(F)cn1. The van der Waals surface area contributed by atoms with Crippen molar-refractivity contribution < 1.29 is 9.50 Å². The van der Waals surface area contributed by atoms with E-state index in [2.05, 4.69) is 10.3 Å². The van der Waals surface area contributed by atoms with E-state index >= 15 is 0 Å². The third-order valence-electron chi connectivity index (χ3n) is 2.99. The van der Waals surface area contributed by atoms with Crippen LogP contribution < -0.4 is 5.32 Å². The van der Waals surface area contributed by atoms with Gasteiger partial charge in [0.1, 0.15) is 5.82 Å². The van der Waals surface area contributed by atoms with Crippen LogP contribution in [-0.2, 0) is 6.61 Å². The number of anilines is 1. The van der Waals surface area contributed by atoms with Crippen LogP contribution in [0.2, 0.25) is 0 Å². The number of aliphatic hydroxyl groups is 1. The third kappa shape index (κ3) is 3.51. The van der Waals surface area contributed by atoms with Crippen molar-refractivity contribution in [2.24, 2.45) is 0 Å². The molecule has 4 heteroatoms. The predicted octanol–water partition coefficient (Wildman–Crippen LogP) is 3.28. The summed E-state index contributed by atoms with van der Waals surface area (Å²) in [5.41, 5.74) is 2.64. The Hall–Kier alpha value is -1.94. The Labute approximate surface area is 112 Å². The average molecular weight is 260 g/mol. The summed E-state index contributed by atoms with van der Waals surface area (Å²) in [5.74, 6) is -0.328. The van der Waals surface area contributed by atoms with Crippen LogP contribution in [0.25, 0.3) is 0 Å². The monoisotopic (exact) mass is 260 g/mol. The van der Waals surface area contributed by atoms with Crippen molar-refractivity contribution in [3.63, 3.8) is 0 Å². The second kappa shape index (κ2) is 6.29. The normalized spacial score (nSPS) is 12.2. The van der Waals surface area contributed by atoms with E-state index in [1.807, 2.05) is 31.2 Å². The maximum atomic E-state index is 12.9. The number of nitrogens with zero attached hydrogens (tertiary/aromatic N) is 1. The molecule has 100 valence electrons. The number of halogens is 1. The van der Waals surface area contributed by atoms with Crippen molar-refractivity contribution >= 4 is 5.69 Å². The number of benzene rings is 1. The summed E-state index contributed by atoms with van der Waals surface area (Å²) in [6.45, 7) is 2.09. The van der Waals surface area contributed by atoms with E-state index in [1.54, 1.807) is 6.07 Å². The van der Waals surface area contributed by atoms with Crippen molar-refractivity contribution in [3.05, 3.63) is 59.7 Å². The summed E-state index contributed by atoms with van der Waals surface area (Å²) < 4.78 is 12.9. The van der Waals surface area contributed by atoms with Gasteiger partial charge in [0.25, 0.3) is 0 Å². The lowest BCUT2D eigenvalue weighted by Gasteiger charge is -2.18. The topological polar surface area (TPSA) is 45.1 Å². The molecule has 0 amide bonds.